The summed E-state index contributed by atoms with van der Waals surface area (Å²) in [5.41, 5.74) is 1.16. The van der Waals surface area contributed by atoms with Crippen LogP contribution in [0, 0.1) is 17.8 Å². The zero-order chi connectivity index (χ0) is 15.4. The summed E-state index contributed by atoms with van der Waals surface area (Å²) in [6.45, 7) is 4.71. The van der Waals surface area contributed by atoms with Crippen molar-refractivity contribution in [3.05, 3.63) is 33.8 Å². The highest BCUT2D eigenvalue weighted by Gasteiger charge is 2.28. The molecule has 1 nitrogen and oxygen atoms in total. The van der Waals surface area contributed by atoms with Crippen molar-refractivity contribution >= 4 is 23.2 Å². The van der Waals surface area contributed by atoms with Gasteiger partial charge in [-0.2, -0.15) is 0 Å². The van der Waals surface area contributed by atoms with Gasteiger partial charge in [-0.25, -0.2) is 0 Å². The van der Waals surface area contributed by atoms with Crippen LogP contribution in [0.2, 0.25) is 10.0 Å². The molecule has 2 rings (SSSR count). The Balaban J connectivity index is 1.99. The highest BCUT2D eigenvalue weighted by Crippen LogP contribution is 2.36. The molecule has 1 aliphatic rings. The minimum atomic E-state index is 0.495. The average molecular weight is 328 g/mol. The molecule has 0 spiro atoms. The molecule has 1 atom stereocenters. The van der Waals surface area contributed by atoms with E-state index >= 15 is 0 Å². The third-order valence-electron chi connectivity index (χ3n) is 5.15. The van der Waals surface area contributed by atoms with Crippen molar-refractivity contribution in [2.45, 2.75) is 52.0 Å². The number of rotatable bonds is 5. The van der Waals surface area contributed by atoms with Crippen molar-refractivity contribution in [3.63, 3.8) is 0 Å². The van der Waals surface area contributed by atoms with Gasteiger partial charge in [0.1, 0.15) is 0 Å². The van der Waals surface area contributed by atoms with Crippen LogP contribution in [0.25, 0.3) is 0 Å². The Bertz CT molecular complexity index is 451. The van der Waals surface area contributed by atoms with Crippen LogP contribution >= 0.6 is 23.2 Å². The fraction of sp³-hybridized carbons (Fsp3) is 0.667. The van der Waals surface area contributed by atoms with Crippen LogP contribution in [-0.2, 0) is 6.42 Å². The Labute approximate surface area is 139 Å². The van der Waals surface area contributed by atoms with Gasteiger partial charge in [-0.3, -0.25) is 0 Å². The molecular formula is C18H27Cl2N. The Kier molecular flexibility index (Phi) is 6.40. The maximum atomic E-state index is 6.31. The second-order valence-corrected chi connectivity index (χ2v) is 7.60. The van der Waals surface area contributed by atoms with Crippen molar-refractivity contribution in [2.75, 3.05) is 7.05 Å². The van der Waals surface area contributed by atoms with Crippen LogP contribution < -0.4 is 5.32 Å². The van der Waals surface area contributed by atoms with Gasteiger partial charge in [0.2, 0.25) is 0 Å². The second-order valence-electron chi connectivity index (χ2n) is 6.75. The third-order valence-corrected chi connectivity index (χ3v) is 5.75. The molecule has 1 aliphatic carbocycles. The third kappa shape index (κ3) is 4.61. The maximum absolute atomic E-state index is 6.31. The van der Waals surface area contributed by atoms with Gasteiger partial charge in [-0.15, -0.1) is 0 Å². The van der Waals surface area contributed by atoms with Crippen LogP contribution in [0.4, 0.5) is 0 Å². The minimum absolute atomic E-state index is 0.495. The first-order chi connectivity index (χ1) is 10.0. The van der Waals surface area contributed by atoms with E-state index in [0.29, 0.717) is 6.04 Å². The maximum Gasteiger partial charge on any atom is 0.0439 e. The SMILES string of the molecule is CNC(Cc1cc(Cl)ccc1Cl)C1CCC(C(C)C)CC1. The van der Waals surface area contributed by atoms with Gasteiger partial charge < -0.3 is 5.32 Å². The lowest BCUT2D eigenvalue weighted by atomic mass is 9.73. The normalized spacial score (nSPS) is 24.3. The quantitative estimate of drug-likeness (QED) is 0.743. The number of benzene rings is 1. The molecule has 1 unspecified atom stereocenters. The minimum Gasteiger partial charge on any atom is -0.316 e. The predicted octanol–water partition coefficient (Wildman–Crippen LogP) is 5.59. The Morgan fingerprint density at radius 3 is 2.29 bits per heavy atom. The topological polar surface area (TPSA) is 12.0 Å². The molecule has 118 valence electrons. The van der Waals surface area contributed by atoms with Gasteiger partial charge in [-0.05, 0) is 80.7 Å². The Morgan fingerprint density at radius 2 is 1.71 bits per heavy atom. The highest BCUT2D eigenvalue weighted by molar-refractivity contribution is 6.33. The van der Waals surface area contributed by atoms with E-state index in [4.69, 9.17) is 23.2 Å². The number of nitrogens with one attached hydrogen (secondary N) is 1. The van der Waals surface area contributed by atoms with Crippen LogP contribution in [0.3, 0.4) is 0 Å². The Morgan fingerprint density at radius 1 is 1.10 bits per heavy atom. The monoisotopic (exact) mass is 327 g/mol. The van der Waals surface area contributed by atoms with E-state index in [1.54, 1.807) is 0 Å². The van der Waals surface area contributed by atoms with E-state index < -0.39 is 0 Å². The molecule has 1 N–H and O–H groups in total. The lowest BCUT2D eigenvalue weighted by Gasteiger charge is -2.35. The molecule has 1 saturated carbocycles. The zero-order valence-electron chi connectivity index (χ0n) is 13.3. The van der Waals surface area contributed by atoms with E-state index in [-0.39, 0.29) is 0 Å². The molecule has 1 aromatic carbocycles. The molecule has 1 fully saturated rings. The van der Waals surface area contributed by atoms with Gasteiger partial charge in [0, 0.05) is 16.1 Å². The molecule has 0 amide bonds. The standard InChI is InChI=1S/C18H27Cl2N/c1-12(2)13-4-6-14(7-5-13)18(21-3)11-15-10-16(19)8-9-17(15)20/h8-10,12-14,18,21H,4-7,11H2,1-3H3. The summed E-state index contributed by atoms with van der Waals surface area (Å²) in [6, 6.07) is 6.26. The fourth-order valence-corrected chi connectivity index (χ4v) is 4.04. The average Bonchev–Trinajstić information content (AvgIpc) is 2.48. The van der Waals surface area contributed by atoms with Crippen LogP contribution in [0.5, 0.6) is 0 Å². The highest BCUT2D eigenvalue weighted by atomic mass is 35.5. The molecule has 3 heteroatoms. The molecule has 0 aromatic heterocycles. The number of hydrogen-bond donors (Lipinski definition) is 1. The van der Waals surface area contributed by atoms with E-state index in [2.05, 4.69) is 26.2 Å². The van der Waals surface area contributed by atoms with E-state index in [1.807, 2.05) is 18.2 Å². The summed E-state index contributed by atoms with van der Waals surface area (Å²) in [6.07, 6.45) is 6.35. The van der Waals surface area contributed by atoms with Crippen LogP contribution in [-0.4, -0.2) is 13.1 Å². The largest absolute Gasteiger partial charge is 0.316 e. The van der Waals surface area contributed by atoms with E-state index in [0.717, 1.165) is 39.8 Å². The van der Waals surface area contributed by atoms with E-state index in [9.17, 15) is 0 Å². The first-order valence-corrected chi connectivity index (χ1v) is 8.88. The van der Waals surface area contributed by atoms with Gasteiger partial charge in [0.25, 0.3) is 0 Å². The molecular weight excluding hydrogens is 301 g/mol. The molecule has 0 saturated heterocycles. The van der Waals surface area contributed by atoms with Gasteiger partial charge in [0.05, 0.1) is 0 Å². The Hall–Kier alpha value is -0.240. The summed E-state index contributed by atoms with van der Waals surface area (Å²) >= 11 is 12.4. The predicted molar refractivity (Wildman–Crippen MR) is 93.3 cm³/mol. The first kappa shape index (κ1) is 17.1. The van der Waals surface area contributed by atoms with Crippen molar-refractivity contribution in [1.82, 2.24) is 5.32 Å². The number of likely N-dealkylation sites (N-methyl/N-ethyl adjacent to an activating group) is 1. The van der Waals surface area contributed by atoms with Gasteiger partial charge in [0.15, 0.2) is 0 Å². The number of hydrogen-bond acceptors (Lipinski definition) is 1. The molecule has 0 aliphatic heterocycles. The molecule has 0 bridgehead atoms. The van der Waals surface area contributed by atoms with E-state index in [1.165, 1.54) is 25.7 Å². The molecule has 21 heavy (non-hydrogen) atoms. The van der Waals surface area contributed by atoms with Crippen LogP contribution in [0.15, 0.2) is 18.2 Å². The smallest absolute Gasteiger partial charge is 0.0439 e. The lowest BCUT2D eigenvalue weighted by molar-refractivity contribution is 0.191. The summed E-state index contributed by atoms with van der Waals surface area (Å²) in [7, 11) is 2.07. The molecule has 0 radical (unpaired) electrons. The summed E-state index contributed by atoms with van der Waals surface area (Å²) in [4.78, 5) is 0. The number of halogens is 2. The zero-order valence-corrected chi connectivity index (χ0v) is 14.8. The van der Waals surface area contributed by atoms with Crippen molar-refractivity contribution in [1.29, 1.82) is 0 Å². The second kappa shape index (κ2) is 7.85. The lowest BCUT2D eigenvalue weighted by Crippen LogP contribution is -2.38. The summed E-state index contributed by atoms with van der Waals surface area (Å²) in [5, 5.41) is 5.11. The molecule has 0 heterocycles. The van der Waals surface area contributed by atoms with Crippen molar-refractivity contribution < 1.29 is 0 Å². The summed E-state index contributed by atoms with van der Waals surface area (Å²) < 4.78 is 0. The fourth-order valence-electron chi connectivity index (χ4n) is 3.66. The van der Waals surface area contributed by atoms with Crippen molar-refractivity contribution in [2.24, 2.45) is 17.8 Å². The molecule has 1 aromatic rings. The van der Waals surface area contributed by atoms with Gasteiger partial charge in [-0.1, -0.05) is 37.0 Å². The first-order valence-electron chi connectivity index (χ1n) is 8.12. The van der Waals surface area contributed by atoms with Crippen LogP contribution in [0.1, 0.15) is 45.1 Å². The summed E-state index contributed by atoms with van der Waals surface area (Å²) in [5.74, 6) is 2.48. The van der Waals surface area contributed by atoms with Gasteiger partial charge >= 0.3 is 0 Å². The van der Waals surface area contributed by atoms with Crippen molar-refractivity contribution in [3.8, 4) is 0 Å².